The number of carbonyl (C=O) groups excluding carboxylic acids is 1. The number of nitrogens with one attached hydrogen (secondary N) is 1. The first-order chi connectivity index (χ1) is 12.2. The standard InChI is InChI=1S/C18H20N6O/c1-13-11-23(18(25)17-19-9-10-20-17)12-16-22-21-15(24(13)16)8-7-14-5-3-2-4-6-14/h2-6,9-10,13H,7-8,11-12H2,1H3,(H,19,20)/t13-/m0/s1. The second-order valence-corrected chi connectivity index (χ2v) is 6.36. The molecular formula is C18H20N6O. The number of imidazole rings is 1. The van der Waals surface area contributed by atoms with Gasteiger partial charge in [0, 0.05) is 25.4 Å². The van der Waals surface area contributed by atoms with Crippen LogP contribution < -0.4 is 0 Å². The Hall–Kier alpha value is -2.96. The molecular weight excluding hydrogens is 316 g/mol. The van der Waals surface area contributed by atoms with Crippen molar-refractivity contribution < 1.29 is 4.79 Å². The quantitative estimate of drug-likeness (QED) is 0.790. The number of benzene rings is 1. The predicted molar refractivity (Wildman–Crippen MR) is 91.9 cm³/mol. The van der Waals surface area contributed by atoms with E-state index >= 15 is 0 Å². The first kappa shape index (κ1) is 15.6. The normalized spacial score (nSPS) is 16.7. The average molecular weight is 336 g/mol. The van der Waals surface area contributed by atoms with Crippen molar-refractivity contribution >= 4 is 5.91 Å². The van der Waals surface area contributed by atoms with E-state index in [2.05, 4.69) is 55.9 Å². The van der Waals surface area contributed by atoms with Gasteiger partial charge >= 0.3 is 0 Å². The van der Waals surface area contributed by atoms with Crippen LogP contribution >= 0.6 is 0 Å². The number of aromatic amines is 1. The molecule has 1 amide bonds. The van der Waals surface area contributed by atoms with Crippen LogP contribution in [0.4, 0.5) is 0 Å². The van der Waals surface area contributed by atoms with Crippen LogP contribution in [0.25, 0.3) is 0 Å². The van der Waals surface area contributed by atoms with Gasteiger partial charge in [-0.05, 0) is 18.9 Å². The van der Waals surface area contributed by atoms with Crippen LogP contribution in [-0.2, 0) is 19.4 Å². The second-order valence-electron chi connectivity index (χ2n) is 6.36. The molecule has 0 radical (unpaired) electrons. The van der Waals surface area contributed by atoms with Gasteiger partial charge < -0.3 is 14.5 Å². The van der Waals surface area contributed by atoms with Crippen LogP contribution in [0.15, 0.2) is 42.7 Å². The number of H-pyrrole nitrogens is 1. The molecule has 2 aromatic heterocycles. The lowest BCUT2D eigenvalue weighted by atomic mass is 10.1. The molecule has 0 aliphatic carbocycles. The van der Waals surface area contributed by atoms with Crippen LogP contribution in [0.3, 0.4) is 0 Å². The molecule has 0 unspecified atom stereocenters. The Balaban J connectivity index is 1.50. The van der Waals surface area contributed by atoms with Gasteiger partial charge in [-0.25, -0.2) is 4.98 Å². The lowest BCUT2D eigenvalue weighted by molar-refractivity contribution is 0.0668. The summed E-state index contributed by atoms with van der Waals surface area (Å²) in [5.41, 5.74) is 1.29. The number of hydrogen-bond acceptors (Lipinski definition) is 4. The Labute approximate surface area is 145 Å². The van der Waals surface area contributed by atoms with Gasteiger partial charge in [-0.15, -0.1) is 10.2 Å². The molecule has 0 fully saturated rings. The number of carbonyl (C=O) groups is 1. The molecule has 0 bridgehead atoms. The molecule has 0 spiro atoms. The maximum atomic E-state index is 12.5. The summed E-state index contributed by atoms with van der Waals surface area (Å²) in [6.07, 6.45) is 5.02. The van der Waals surface area contributed by atoms with Crippen molar-refractivity contribution in [2.24, 2.45) is 0 Å². The zero-order chi connectivity index (χ0) is 17.2. The van der Waals surface area contributed by atoms with Gasteiger partial charge in [0.1, 0.15) is 5.82 Å². The fourth-order valence-electron chi connectivity index (χ4n) is 3.37. The summed E-state index contributed by atoms with van der Waals surface area (Å²) in [5.74, 6) is 2.08. The summed E-state index contributed by atoms with van der Waals surface area (Å²) in [6, 6.07) is 10.5. The molecule has 4 rings (SSSR count). The molecule has 128 valence electrons. The van der Waals surface area contributed by atoms with Crippen molar-refractivity contribution in [3.05, 3.63) is 65.8 Å². The highest BCUT2D eigenvalue weighted by Crippen LogP contribution is 2.23. The van der Waals surface area contributed by atoms with Gasteiger partial charge in [0.25, 0.3) is 5.91 Å². The summed E-state index contributed by atoms with van der Waals surface area (Å²) in [5, 5.41) is 8.69. The highest BCUT2D eigenvalue weighted by molar-refractivity contribution is 5.90. The van der Waals surface area contributed by atoms with Crippen LogP contribution in [-0.4, -0.2) is 42.1 Å². The van der Waals surface area contributed by atoms with Crippen molar-refractivity contribution in [1.29, 1.82) is 0 Å². The summed E-state index contributed by atoms with van der Waals surface area (Å²) in [4.78, 5) is 21.2. The number of rotatable bonds is 4. The molecule has 0 saturated heterocycles. The topological polar surface area (TPSA) is 79.7 Å². The minimum atomic E-state index is -0.100. The van der Waals surface area contributed by atoms with Gasteiger partial charge in [-0.2, -0.15) is 0 Å². The fraction of sp³-hybridized carbons (Fsp3) is 0.333. The molecule has 7 heteroatoms. The maximum Gasteiger partial charge on any atom is 0.290 e. The Morgan fingerprint density at radius 1 is 1.24 bits per heavy atom. The van der Waals surface area contributed by atoms with Crippen molar-refractivity contribution in [2.75, 3.05) is 6.54 Å². The van der Waals surface area contributed by atoms with Gasteiger partial charge in [-0.3, -0.25) is 4.79 Å². The van der Waals surface area contributed by atoms with E-state index in [4.69, 9.17) is 0 Å². The number of nitrogens with zero attached hydrogens (tertiary/aromatic N) is 5. The third kappa shape index (κ3) is 3.05. The van der Waals surface area contributed by atoms with Crippen molar-refractivity contribution in [1.82, 2.24) is 29.6 Å². The molecule has 1 aromatic carbocycles. The maximum absolute atomic E-state index is 12.5. The lowest BCUT2D eigenvalue weighted by Gasteiger charge is -2.32. The number of amides is 1. The van der Waals surface area contributed by atoms with Crippen LogP contribution in [0.1, 0.15) is 40.8 Å². The van der Waals surface area contributed by atoms with Gasteiger partial charge in [0.2, 0.25) is 0 Å². The van der Waals surface area contributed by atoms with Crippen LogP contribution in [0.5, 0.6) is 0 Å². The van der Waals surface area contributed by atoms with E-state index < -0.39 is 0 Å². The van der Waals surface area contributed by atoms with Crippen molar-refractivity contribution in [3.63, 3.8) is 0 Å². The Morgan fingerprint density at radius 2 is 2.08 bits per heavy atom. The van der Waals surface area contributed by atoms with E-state index in [1.165, 1.54) is 5.56 Å². The van der Waals surface area contributed by atoms with Gasteiger partial charge in [-0.1, -0.05) is 30.3 Å². The second kappa shape index (κ2) is 6.51. The zero-order valence-corrected chi connectivity index (χ0v) is 14.1. The van der Waals surface area contributed by atoms with Crippen LogP contribution in [0, 0.1) is 0 Å². The smallest absolute Gasteiger partial charge is 0.290 e. The first-order valence-electron chi connectivity index (χ1n) is 8.47. The van der Waals surface area contributed by atoms with E-state index in [0.29, 0.717) is 18.9 Å². The largest absolute Gasteiger partial charge is 0.341 e. The van der Waals surface area contributed by atoms with Gasteiger partial charge in [0.15, 0.2) is 11.6 Å². The average Bonchev–Trinajstić information content (AvgIpc) is 3.30. The summed E-state index contributed by atoms with van der Waals surface area (Å²) < 4.78 is 2.18. The zero-order valence-electron chi connectivity index (χ0n) is 14.1. The number of hydrogen-bond donors (Lipinski definition) is 1. The molecule has 1 N–H and O–H groups in total. The van der Waals surface area contributed by atoms with E-state index in [1.807, 2.05) is 6.07 Å². The summed E-state index contributed by atoms with van der Waals surface area (Å²) in [7, 11) is 0. The number of fused-ring (bicyclic) bond motifs is 1. The Kier molecular flexibility index (Phi) is 4.05. The van der Waals surface area contributed by atoms with Gasteiger partial charge in [0.05, 0.1) is 12.6 Å². The molecule has 7 nitrogen and oxygen atoms in total. The molecule has 0 saturated carbocycles. The third-order valence-corrected chi connectivity index (χ3v) is 4.56. The minimum Gasteiger partial charge on any atom is -0.341 e. The van der Waals surface area contributed by atoms with E-state index in [0.717, 1.165) is 24.5 Å². The first-order valence-corrected chi connectivity index (χ1v) is 8.47. The van der Waals surface area contributed by atoms with E-state index in [-0.39, 0.29) is 11.9 Å². The molecule has 1 atom stereocenters. The highest BCUT2D eigenvalue weighted by Gasteiger charge is 2.30. The minimum absolute atomic E-state index is 0.100. The molecule has 3 aromatic rings. The predicted octanol–water partition coefficient (Wildman–Crippen LogP) is 2.00. The van der Waals surface area contributed by atoms with Crippen LogP contribution in [0.2, 0.25) is 0 Å². The third-order valence-electron chi connectivity index (χ3n) is 4.56. The number of aryl methyl sites for hydroxylation is 2. The molecule has 1 aliphatic rings. The monoisotopic (exact) mass is 336 g/mol. The fourth-order valence-corrected chi connectivity index (χ4v) is 3.37. The SMILES string of the molecule is C[C@H]1CN(C(=O)c2ncc[nH]2)Cc2nnc(CCc3ccccc3)n21. The highest BCUT2D eigenvalue weighted by atomic mass is 16.2. The summed E-state index contributed by atoms with van der Waals surface area (Å²) >= 11 is 0. The van der Waals surface area contributed by atoms with E-state index in [9.17, 15) is 4.79 Å². The Bertz CT molecular complexity index is 855. The molecule has 3 heterocycles. The van der Waals surface area contributed by atoms with E-state index in [1.54, 1.807) is 17.3 Å². The lowest BCUT2D eigenvalue weighted by Crippen LogP contribution is -2.41. The van der Waals surface area contributed by atoms with Crippen molar-refractivity contribution in [2.45, 2.75) is 32.4 Å². The molecule has 1 aliphatic heterocycles. The Morgan fingerprint density at radius 3 is 2.84 bits per heavy atom. The van der Waals surface area contributed by atoms with Crippen molar-refractivity contribution in [3.8, 4) is 0 Å². The number of aromatic nitrogens is 5. The summed E-state index contributed by atoms with van der Waals surface area (Å²) in [6.45, 7) is 3.19. The molecule has 25 heavy (non-hydrogen) atoms.